The van der Waals surface area contributed by atoms with E-state index in [9.17, 15) is 22.0 Å². The van der Waals surface area contributed by atoms with E-state index in [1.165, 1.54) is 6.21 Å². The Hall–Kier alpha value is -3.06. The molecule has 2 aliphatic rings. The van der Waals surface area contributed by atoms with Gasteiger partial charge in [-0.15, -0.1) is 8.58 Å². The molecule has 2 heterocycles. The molecule has 0 aromatic rings. The molecule has 0 radical (unpaired) electrons. The molecule has 4 nitrogen and oxygen atoms in total. The first-order chi connectivity index (χ1) is 17.0. The Labute approximate surface area is 210 Å². The van der Waals surface area contributed by atoms with Crippen molar-refractivity contribution in [2.45, 2.75) is 32.0 Å². The average molecular weight is 525 g/mol. The van der Waals surface area contributed by atoms with Gasteiger partial charge in [0.15, 0.2) is 0 Å². The van der Waals surface area contributed by atoms with Crippen LogP contribution in [0.1, 0.15) is 19.8 Å². The second-order valence-electron chi connectivity index (χ2n) is 8.00. The minimum absolute atomic E-state index is 0.0466. The van der Waals surface area contributed by atoms with Crippen LogP contribution in [-0.2, 0) is 0 Å². The first kappa shape index (κ1) is 29.2. The van der Waals surface area contributed by atoms with Gasteiger partial charge in [-0.1, -0.05) is 25.8 Å². The summed E-state index contributed by atoms with van der Waals surface area (Å²) in [5.74, 6) is -1.47. The number of rotatable bonds is 8. The van der Waals surface area contributed by atoms with Crippen molar-refractivity contribution in [1.82, 2.24) is 10.2 Å². The van der Waals surface area contributed by atoms with Crippen LogP contribution in [0.25, 0.3) is 0 Å². The summed E-state index contributed by atoms with van der Waals surface area (Å²) in [6.45, 7) is 15.8. The second kappa shape index (κ2) is 13.3. The molecule has 0 saturated carbocycles. The van der Waals surface area contributed by atoms with Gasteiger partial charge < -0.3 is 10.2 Å². The topological polar surface area (TPSA) is 40.0 Å². The summed E-state index contributed by atoms with van der Waals surface area (Å²) in [5.41, 5.74) is 1.87. The molecule has 1 saturated heterocycles. The summed E-state index contributed by atoms with van der Waals surface area (Å²) in [5, 5.41) is 2.48. The predicted octanol–water partition coefficient (Wildman–Crippen LogP) is 7.03. The van der Waals surface area contributed by atoms with E-state index in [0.717, 1.165) is 31.0 Å². The van der Waals surface area contributed by atoms with Crippen molar-refractivity contribution in [3.8, 4) is 0 Å². The zero-order valence-corrected chi connectivity index (χ0v) is 21.3. The largest absolute Gasteiger partial charge is 0.408 e. The molecule has 194 valence electrons. The Bertz CT molecular complexity index is 1090. The van der Waals surface area contributed by atoms with Gasteiger partial charge in [-0.05, 0) is 50.3 Å². The Morgan fingerprint density at radius 1 is 1.22 bits per heavy atom. The normalized spacial score (nSPS) is 24.0. The maximum Gasteiger partial charge on any atom is 0.408 e. The average Bonchev–Trinajstić information content (AvgIpc) is 3.22. The highest BCUT2D eigenvalue weighted by Gasteiger charge is 2.39. The molecular formula is C26H30F5N4P. The summed E-state index contributed by atoms with van der Waals surface area (Å²) in [7, 11) is 0.0888. The van der Waals surface area contributed by atoms with Gasteiger partial charge in [-0.3, -0.25) is 4.99 Å². The smallest absolute Gasteiger partial charge is 0.374 e. The number of hydrogen-bond donors (Lipinski definition) is 1. The van der Waals surface area contributed by atoms with Crippen molar-refractivity contribution in [1.29, 1.82) is 0 Å². The molecule has 10 heteroatoms. The summed E-state index contributed by atoms with van der Waals surface area (Å²) in [4.78, 5) is 9.88. The van der Waals surface area contributed by atoms with Crippen molar-refractivity contribution in [2.24, 2.45) is 9.98 Å². The van der Waals surface area contributed by atoms with Gasteiger partial charge in [-0.2, -0.15) is 13.2 Å². The van der Waals surface area contributed by atoms with Crippen molar-refractivity contribution in [2.75, 3.05) is 19.4 Å². The number of halogens is 5. The highest BCUT2D eigenvalue weighted by Crippen LogP contribution is 2.29. The molecule has 36 heavy (non-hydrogen) atoms. The van der Waals surface area contributed by atoms with Crippen molar-refractivity contribution >= 4 is 21.0 Å². The summed E-state index contributed by atoms with van der Waals surface area (Å²) >= 11 is 0. The second-order valence-corrected chi connectivity index (χ2v) is 9.12. The molecule has 2 aliphatic heterocycles. The number of nitrogens with zero attached hydrogens (tertiary/aromatic N) is 3. The zero-order chi connectivity index (χ0) is 26.9. The van der Waals surface area contributed by atoms with Crippen molar-refractivity contribution in [3.63, 3.8) is 0 Å². The van der Waals surface area contributed by atoms with E-state index in [0.29, 0.717) is 35.2 Å². The number of nitrogens with one attached hydrogen (secondary N) is 1. The zero-order valence-electron chi connectivity index (χ0n) is 20.3. The van der Waals surface area contributed by atoms with E-state index < -0.39 is 23.9 Å². The molecule has 1 N–H and O–H groups in total. The Morgan fingerprint density at radius 3 is 2.53 bits per heavy atom. The minimum atomic E-state index is -4.45. The van der Waals surface area contributed by atoms with Gasteiger partial charge in [0, 0.05) is 41.4 Å². The van der Waals surface area contributed by atoms with E-state index in [2.05, 4.69) is 35.0 Å². The molecule has 0 aromatic heterocycles. The van der Waals surface area contributed by atoms with Crippen LogP contribution in [0.4, 0.5) is 22.0 Å². The van der Waals surface area contributed by atoms with Crippen LogP contribution in [-0.4, -0.2) is 48.9 Å². The van der Waals surface area contributed by atoms with Crippen LogP contribution < -0.4 is 5.32 Å². The van der Waals surface area contributed by atoms with E-state index in [1.54, 1.807) is 31.8 Å². The highest BCUT2D eigenvalue weighted by atomic mass is 31.1. The third kappa shape index (κ3) is 8.26. The predicted molar refractivity (Wildman–Crippen MR) is 141 cm³/mol. The number of alkyl halides is 3. The quantitative estimate of drug-likeness (QED) is 0.210. The molecule has 1 fully saturated rings. The maximum atomic E-state index is 14.0. The first-order valence-corrected chi connectivity index (χ1v) is 12.9. The van der Waals surface area contributed by atoms with Crippen LogP contribution >= 0.6 is 8.58 Å². The van der Waals surface area contributed by atoms with Gasteiger partial charge in [0.2, 0.25) is 0 Å². The summed E-state index contributed by atoms with van der Waals surface area (Å²) in [6, 6.07) is -1.75. The lowest BCUT2D eigenvalue weighted by Crippen LogP contribution is -2.43. The fraction of sp³-hybridized carbons (Fsp3) is 0.308. The third-order valence-electron chi connectivity index (χ3n) is 5.36. The van der Waals surface area contributed by atoms with E-state index in [4.69, 9.17) is 0 Å². The lowest BCUT2D eigenvalue weighted by atomic mass is 9.96. The summed E-state index contributed by atoms with van der Waals surface area (Å²) in [6.07, 6.45) is 5.49. The SMILES string of the molecule is C=C(NC(CPC)C(F)(F)F)/C(=C/C)C(=C)C1=C\C=C(N2CCCC2=C)/N=C\C(F)=C/C(F)=C\N=C1. The van der Waals surface area contributed by atoms with Crippen LogP contribution in [0, 0.1) is 0 Å². The maximum absolute atomic E-state index is 14.0. The van der Waals surface area contributed by atoms with Crippen LogP contribution in [0.2, 0.25) is 0 Å². The highest BCUT2D eigenvalue weighted by molar-refractivity contribution is 7.37. The molecule has 0 aromatic carbocycles. The van der Waals surface area contributed by atoms with Crippen LogP contribution in [0.15, 0.2) is 106 Å². The Morgan fingerprint density at radius 2 is 1.94 bits per heavy atom. The fourth-order valence-electron chi connectivity index (χ4n) is 3.55. The number of aliphatic imine (C=N–C) groups is 2. The number of allylic oxidation sites excluding steroid dienone is 9. The van der Waals surface area contributed by atoms with Gasteiger partial charge >= 0.3 is 6.18 Å². The summed E-state index contributed by atoms with van der Waals surface area (Å²) < 4.78 is 68.4. The molecule has 0 amide bonds. The molecule has 0 spiro atoms. The number of hydrogen-bond acceptors (Lipinski definition) is 4. The molecule has 2 atom stereocenters. The fourth-order valence-corrected chi connectivity index (χ4v) is 4.29. The first-order valence-electron chi connectivity index (χ1n) is 11.2. The van der Waals surface area contributed by atoms with Gasteiger partial charge in [0.25, 0.3) is 0 Å². The van der Waals surface area contributed by atoms with Gasteiger partial charge in [0.1, 0.15) is 23.5 Å². The molecule has 2 unspecified atom stereocenters. The van der Waals surface area contributed by atoms with E-state index in [1.807, 2.05) is 4.90 Å². The lowest BCUT2D eigenvalue weighted by Gasteiger charge is -2.25. The Kier molecular flexibility index (Phi) is 10.8. The van der Waals surface area contributed by atoms with E-state index in [-0.39, 0.29) is 20.4 Å². The van der Waals surface area contributed by atoms with Crippen molar-refractivity contribution < 1.29 is 22.0 Å². The van der Waals surface area contributed by atoms with Gasteiger partial charge in [-0.25, -0.2) is 13.8 Å². The monoisotopic (exact) mass is 524 g/mol. The minimum Gasteiger partial charge on any atom is -0.374 e. The lowest BCUT2D eigenvalue weighted by molar-refractivity contribution is -0.148. The van der Waals surface area contributed by atoms with E-state index >= 15 is 0 Å². The van der Waals surface area contributed by atoms with Crippen LogP contribution in [0.3, 0.4) is 0 Å². The standard InChI is InChI=1S/C26H30F5N4P/c1-6-23(19(4)34-24(16-36-5)26(29,30)31)18(3)20-9-10-25(35-11-7-8-17(35)2)33-15-22(28)12-21(27)14-32-13-20/h6,9-10,12-15,24,34,36H,2-4,7-8,11,16H2,1,5H3/b10-9?,20-9?,20-13?,21-12?,21-14+,22-12+,22-15?,23-6+,25-10+,32-13?,32-14?,33-15-,33-25?. The van der Waals surface area contributed by atoms with Crippen LogP contribution in [0.5, 0.6) is 0 Å². The third-order valence-corrected chi connectivity index (χ3v) is 6.18. The number of likely N-dealkylation sites (tertiary alicyclic amines) is 1. The molecule has 0 aliphatic carbocycles. The van der Waals surface area contributed by atoms with Gasteiger partial charge in [0.05, 0.1) is 12.4 Å². The Balaban J connectivity index is 2.47. The molecule has 0 bridgehead atoms. The molecule has 2 rings (SSSR count). The molecular weight excluding hydrogens is 494 g/mol. The van der Waals surface area contributed by atoms with Crippen molar-refractivity contribution in [3.05, 3.63) is 95.8 Å².